The fourth-order valence-corrected chi connectivity index (χ4v) is 2.83. The van der Waals surface area contributed by atoms with E-state index in [9.17, 15) is 18.0 Å². The SMILES string of the molecule is CS(=O)(=O)CCCn1cc(C(=O)O)c(=O)c2ccccc21. The minimum absolute atomic E-state index is 0.00978. The van der Waals surface area contributed by atoms with E-state index in [0.29, 0.717) is 23.9 Å². The summed E-state index contributed by atoms with van der Waals surface area (Å²) < 4.78 is 23.9. The van der Waals surface area contributed by atoms with Gasteiger partial charge in [0.05, 0.1) is 11.3 Å². The molecule has 7 heteroatoms. The second-order valence-electron chi connectivity index (χ2n) is 4.87. The van der Waals surface area contributed by atoms with E-state index in [1.165, 1.54) is 6.20 Å². The molecule has 0 bridgehead atoms. The molecule has 112 valence electrons. The summed E-state index contributed by atoms with van der Waals surface area (Å²) in [5.41, 5.74) is -0.244. The number of aromatic carboxylic acids is 1. The first kappa shape index (κ1) is 15.2. The molecule has 0 spiro atoms. The second kappa shape index (κ2) is 5.69. The first-order valence-corrected chi connectivity index (χ1v) is 8.39. The van der Waals surface area contributed by atoms with Gasteiger partial charge in [0.1, 0.15) is 15.4 Å². The molecule has 0 atom stereocenters. The van der Waals surface area contributed by atoms with Gasteiger partial charge in [-0.3, -0.25) is 4.79 Å². The summed E-state index contributed by atoms with van der Waals surface area (Å²) in [4.78, 5) is 23.2. The zero-order valence-corrected chi connectivity index (χ0v) is 12.3. The molecule has 0 unspecified atom stereocenters. The number of fused-ring (bicyclic) bond motifs is 1. The third kappa shape index (κ3) is 3.49. The number of carbonyl (C=O) groups is 1. The van der Waals surface area contributed by atoms with Crippen LogP contribution in [0.15, 0.2) is 35.3 Å². The Balaban J connectivity index is 2.49. The average Bonchev–Trinajstić information content (AvgIpc) is 2.40. The molecule has 0 aliphatic heterocycles. The number of rotatable bonds is 5. The molecule has 0 saturated carbocycles. The molecule has 6 nitrogen and oxygen atoms in total. The van der Waals surface area contributed by atoms with Crippen LogP contribution in [0.4, 0.5) is 0 Å². The van der Waals surface area contributed by atoms with E-state index in [2.05, 4.69) is 0 Å². The summed E-state index contributed by atoms with van der Waals surface area (Å²) in [7, 11) is -3.07. The van der Waals surface area contributed by atoms with E-state index in [4.69, 9.17) is 5.11 Å². The van der Waals surface area contributed by atoms with Crippen LogP contribution in [-0.4, -0.2) is 36.1 Å². The quantitative estimate of drug-likeness (QED) is 0.893. The molecule has 2 rings (SSSR count). The Hall–Kier alpha value is -2.15. The molecule has 0 amide bonds. The third-order valence-electron chi connectivity index (χ3n) is 3.13. The van der Waals surface area contributed by atoms with Crippen LogP contribution in [0.3, 0.4) is 0 Å². The average molecular weight is 309 g/mol. The van der Waals surface area contributed by atoms with Crippen molar-refractivity contribution < 1.29 is 18.3 Å². The Morgan fingerprint density at radius 2 is 1.95 bits per heavy atom. The molecule has 0 aliphatic carbocycles. The van der Waals surface area contributed by atoms with Crippen LogP contribution in [0.25, 0.3) is 10.9 Å². The van der Waals surface area contributed by atoms with Crippen molar-refractivity contribution in [2.75, 3.05) is 12.0 Å². The van der Waals surface area contributed by atoms with Gasteiger partial charge in [0, 0.05) is 24.4 Å². The summed E-state index contributed by atoms with van der Waals surface area (Å²) in [6, 6.07) is 6.69. The van der Waals surface area contributed by atoms with Crippen LogP contribution < -0.4 is 5.43 Å². The largest absolute Gasteiger partial charge is 0.477 e. The number of carboxylic acids is 1. The van der Waals surface area contributed by atoms with Gasteiger partial charge in [0.2, 0.25) is 5.43 Å². The lowest BCUT2D eigenvalue weighted by atomic mass is 10.1. The van der Waals surface area contributed by atoms with Crippen molar-refractivity contribution in [1.29, 1.82) is 0 Å². The van der Waals surface area contributed by atoms with Crippen molar-refractivity contribution in [2.24, 2.45) is 0 Å². The van der Waals surface area contributed by atoms with E-state index in [-0.39, 0.29) is 11.3 Å². The van der Waals surface area contributed by atoms with Crippen molar-refractivity contribution in [3.05, 3.63) is 46.2 Å². The molecule has 0 fully saturated rings. The van der Waals surface area contributed by atoms with Crippen LogP contribution in [0.2, 0.25) is 0 Å². The minimum Gasteiger partial charge on any atom is -0.477 e. The standard InChI is InChI=1S/C14H15NO5S/c1-21(19,20)8-4-7-15-9-11(14(17)18)13(16)10-5-2-3-6-12(10)15/h2-3,5-6,9H,4,7-8H2,1H3,(H,17,18). The first-order valence-electron chi connectivity index (χ1n) is 6.33. The number of hydrogen-bond acceptors (Lipinski definition) is 4. The van der Waals surface area contributed by atoms with E-state index in [1.54, 1.807) is 28.8 Å². The van der Waals surface area contributed by atoms with E-state index in [0.717, 1.165) is 6.26 Å². The molecule has 1 heterocycles. The van der Waals surface area contributed by atoms with E-state index in [1.807, 2.05) is 0 Å². The zero-order chi connectivity index (χ0) is 15.6. The third-order valence-corrected chi connectivity index (χ3v) is 4.16. The number of pyridine rings is 1. The Morgan fingerprint density at radius 1 is 1.29 bits per heavy atom. The van der Waals surface area contributed by atoms with Crippen LogP contribution in [-0.2, 0) is 16.4 Å². The molecule has 1 aromatic heterocycles. The van der Waals surface area contributed by atoms with Gasteiger partial charge in [-0.15, -0.1) is 0 Å². The zero-order valence-electron chi connectivity index (χ0n) is 11.4. The summed E-state index contributed by atoms with van der Waals surface area (Å²) in [6.07, 6.45) is 2.78. The molecule has 0 aliphatic rings. The summed E-state index contributed by atoms with van der Waals surface area (Å²) in [5, 5.41) is 9.41. The lowest BCUT2D eigenvalue weighted by Crippen LogP contribution is -2.19. The van der Waals surface area contributed by atoms with Gasteiger partial charge >= 0.3 is 5.97 Å². The Labute approximate surface area is 121 Å². The Bertz CT molecular complexity index is 851. The van der Waals surface area contributed by atoms with Gasteiger partial charge in [0.25, 0.3) is 0 Å². The number of para-hydroxylation sites is 1. The summed E-state index contributed by atoms with van der Waals surface area (Å²) in [5.74, 6) is -1.28. The molecule has 1 N–H and O–H groups in total. The van der Waals surface area contributed by atoms with Crippen molar-refractivity contribution in [3.63, 3.8) is 0 Å². The van der Waals surface area contributed by atoms with Crippen molar-refractivity contribution in [3.8, 4) is 0 Å². The lowest BCUT2D eigenvalue weighted by molar-refractivity contribution is 0.0695. The molecular weight excluding hydrogens is 294 g/mol. The number of aryl methyl sites for hydroxylation is 1. The topological polar surface area (TPSA) is 93.4 Å². The molecule has 1 aromatic carbocycles. The van der Waals surface area contributed by atoms with Gasteiger partial charge in [-0.25, -0.2) is 13.2 Å². The highest BCUT2D eigenvalue weighted by Crippen LogP contribution is 2.12. The smallest absolute Gasteiger partial charge is 0.341 e. The van der Waals surface area contributed by atoms with Crippen LogP contribution in [0.5, 0.6) is 0 Å². The van der Waals surface area contributed by atoms with Crippen molar-refractivity contribution >= 4 is 26.7 Å². The van der Waals surface area contributed by atoms with Crippen molar-refractivity contribution in [1.82, 2.24) is 4.57 Å². The highest BCUT2D eigenvalue weighted by molar-refractivity contribution is 7.90. The predicted octanol–water partition coefficient (Wildman–Crippen LogP) is 1.13. The maximum Gasteiger partial charge on any atom is 0.341 e. The molecule has 2 aromatic rings. The number of sulfone groups is 1. The fraction of sp³-hybridized carbons (Fsp3) is 0.286. The number of carboxylic acid groups (broad SMARTS) is 1. The molecular formula is C14H15NO5S. The van der Waals surface area contributed by atoms with Gasteiger partial charge < -0.3 is 9.67 Å². The van der Waals surface area contributed by atoms with Crippen LogP contribution in [0.1, 0.15) is 16.8 Å². The number of nitrogens with zero attached hydrogens (tertiary/aromatic N) is 1. The van der Waals surface area contributed by atoms with Crippen molar-refractivity contribution in [2.45, 2.75) is 13.0 Å². The molecule has 0 saturated heterocycles. The molecule has 0 radical (unpaired) electrons. The lowest BCUT2D eigenvalue weighted by Gasteiger charge is -2.11. The second-order valence-corrected chi connectivity index (χ2v) is 7.13. The fourth-order valence-electron chi connectivity index (χ4n) is 2.18. The van der Waals surface area contributed by atoms with Crippen LogP contribution in [0, 0.1) is 0 Å². The van der Waals surface area contributed by atoms with Crippen LogP contribution >= 0.6 is 0 Å². The number of hydrogen-bond donors (Lipinski definition) is 1. The van der Waals surface area contributed by atoms with Gasteiger partial charge in [-0.05, 0) is 18.6 Å². The number of aromatic nitrogens is 1. The minimum atomic E-state index is -3.07. The van der Waals surface area contributed by atoms with E-state index >= 15 is 0 Å². The van der Waals surface area contributed by atoms with E-state index < -0.39 is 21.2 Å². The number of benzene rings is 1. The highest BCUT2D eigenvalue weighted by Gasteiger charge is 2.14. The van der Waals surface area contributed by atoms with Gasteiger partial charge in [-0.2, -0.15) is 0 Å². The summed E-state index contributed by atoms with van der Waals surface area (Å²) >= 11 is 0. The highest BCUT2D eigenvalue weighted by atomic mass is 32.2. The van der Waals surface area contributed by atoms with Gasteiger partial charge in [0.15, 0.2) is 0 Å². The Morgan fingerprint density at radius 3 is 2.57 bits per heavy atom. The van der Waals surface area contributed by atoms with Gasteiger partial charge in [-0.1, -0.05) is 12.1 Å². The maximum absolute atomic E-state index is 12.1. The Kier molecular flexibility index (Phi) is 4.13. The predicted molar refractivity (Wildman–Crippen MR) is 79.5 cm³/mol. The molecule has 21 heavy (non-hydrogen) atoms. The first-order chi connectivity index (χ1) is 9.79. The summed E-state index contributed by atoms with van der Waals surface area (Å²) in [6.45, 7) is 0.328. The normalized spacial score (nSPS) is 11.7. The monoisotopic (exact) mass is 309 g/mol. The maximum atomic E-state index is 12.1.